The number of carbonyl (C=O) groups is 2. The van der Waals surface area contributed by atoms with Crippen molar-refractivity contribution in [1.29, 1.82) is 0 Å². The Labute approximate surface area is 128 Å². The second kappa shape index (κ2) is 6.87. The van der Waals surface area contributed by atoms with E-state index < -0.39 is 18.0 Å². The van der Waals surface area contributed by atoms with E-state index in [1.54, 1.807) is 0 Å². The number of hydrogen-bond acceptors (Lipinski definition) is 2. The van der Waals surface area contributed by atoms with Crippen LogP contribution in [0.5, 0.6) is 0 Å². The predicted molar refractivity (Wildman–Crippen MR) is 74.6 cm³/mol. The van der Waals surface area contributed by atoms with Crippen molar-refractivity contribution in [2.45, 2.75) is 63.6 Å². The molecule has 0 saturated heterocycles. The molecule has 0 heterocycles. The lowest BCUT2D eigenvalue weighted by atomic mass is 9.80. The molecule has 2 amide bonds. The van der Waals surface area contributed by atoms with Crippen LogP contribution in [0.2, 0.25) is 0 Å². The molecule has 2 aliphatic carbocycles. The second-order valence-corrected chi connectivity index (χ2v) is 6.58. The molecular formula is C15H23F3N2O2. The number of alkyl halides is 3. The summed E-state index contributed by atoms with van der Waals surface area (Å²) in [6.07, 6.45) is -0.517. The van der Waals surface area contributed by atoms with Gasteiger partial charge in [0.1, 0.15) is 0 Å². The number of halogens is 3. The van der Waals surface area contributed by atoms with E-state index >= 15 is 0 Å². The van der Waals surface area contributed by atoms with Crippen LogP contribution in [-0.2, 0) is 9.59 Å². The van der Waals surface area contributed by atoms with Crippen molar-refractivity contribution < 1.29 is 22.8 Å². The largest absolute Gasteiger partial charge is 0.391 e. The minimum Gasteiger partial charge on any atom is -0.369 e. The smallest absolute Gasteiger partial charge is 0.369 e. The highest BCUT2D eigenvalue weighted by Crippen LogP contribution is 2.40. The van der Waals surface area contributed by atoms with E-state index in [0.29, 0.717) is 19.3 Å². The molecule has 22 heavy (non-hydrogen) atoms. The molecule has 0 aliphatic heterocycles. The molecule has 4 nitrogen and oxygen atoms in total. The fraction of sp³-hybridized carbons (Fsp3) is 0.867. The maximum absolute atomic E-state index is 12.6. The van der Waals surface area contributed by atoms with Gasteiger partial charge in [-0.2, -0.15) is 13.2 Å². The first-order valence-electron chi connectivity index (χ1n) is 7.92. The van der Waals surface area contributed by atoms with Gasteiger partial charge in [0.15, 0.2) is 0 Å². The molecular weight excluding hydrogens is 297 g/mol. The molecule has 2 unspecified atom stereocenters. The van der Waals surface area contributed by atoms with Gasteiger partial charge in [0.2, 0.25) is 11.8 Å². The van der Waals surface area contributed by atoms with Crippen LogP contribution in [0.3, 0.4) is 0 Å². The zero-order chi connectivity index (χ0) is 16.3. The highest BCUT2D eigenvalue weighted by molar-refractivity contribution is 5.80. The first-order chi connectivity index (χ1) is 10.3. The molecule has 7 heteroatoms. The van der Waals surface area contributed by atoms with Crippen molar-refractivity contribution in [1.82, 2.24) is 5.32 Å². The van der Waals surface area contributed by atoms with Crippen molar-refractivity contribution in [3.05, 3.63) is 0 Å². The van der Waals surface area contributed by atoms with Gasteiger partial charge in [-0.3, -0.25) is 9.59 Å². The maximum Gasteiger partial charge on any atom is 0.391 e. The number of rotatable bonds is 4. The van der Waals surface area contributed by atoms with Crippen molar-refractivity contribution in [2.75, 3.05) is 0 Å². The second-order valence-electron chi connectivity index (χ2n) is 6.58. The monoisotopic (exact) mass is 320 g/mol. The predicted octanol–water partition coefficient (Wildman–Crippen LogP) is 2.52. The van der Waals surface area contributed by atoms with Crippen LogP contribution < -0.4 is 11.1 Å². The molecule has 0 radical (unpaired) electrons. The average Bonchev–Trinajstić information content (AvgIpc) is 2.86. The third kappa shape index (κ3) is 4.36. The Balaban J connectivity index is 1.75. The zero-order valence-electron chi connectivity index (χ0n) is 12.5. The van der Waals surface area contributed by atoms with Crippen molar-refractivity contribution in [2.24, 2.45) is 23.5 Å². The van der Waals surface area contributed by atoms with Gasteiger partial charge in [-0.15, -0.1) is 0 Å². The molecule has 2 rings (SSSR count). The SMILES string of the molecule is NC(=O)C1CCCC1NC(=O)CC1CCC(C(F)(F)F)CC1. The quantitative estimate of drug-likeness (QED) is 0.835. The fourth-order valence-corrected chi connectivity index (χ4v) is 3.70. The summed E-state index contributed by atoms with van der Waals surface area (Å²) in [7, 11) is 0. The minimum absolute atomic E-state index is 0.00651. The number of primary amides is 1. The molecule has 0 aromatic rings. The average molecular weight is 320 g/mol. The van der Waals surface area contributed by atoms with E-state index in [1.807, 2.05) is 0 Å². The van der Waals surface area contributed by atoms with Crippen LogP contribution in [0.15, 0.2) is 0 Å². The third-order valence-corrected chi connectivity index (χ3v) is 5.01. The molecule has 2 fully saturated rings. The molecule has 0 spiro atoms. The Morgan fingerprint density at radius 3 is 2.23 bits per heavy atom. The van der Waals surface area contributed by atoms with Crippen LogP contribution in [0, 0.1) is 17.8 Å². The molecule has 2 aliphatic rings. The van der Waals surface area contributed by atoms with Crippen LogP contribution in [-0.4, -0.2) is 24.0 Å². The Kier molecular flexibility index (Phi) is 5.34. The van der Waals surface area contributed by atoms with E-state index in [9.17, 15) is 22.8 Å². The Hall–Kier alpha value is -1.27. The Morgan fingerprint density at radius 2 is 1.68 bits per heavy atom. The van der Waals surface area contributed by atoms with Crippen molar-refractivity contribution >= 4 is 11.8 Å². The highest BCUT2D eigenvalue weighted by atomic mass is 19.4. The number of amides is 2. The Bertz CT molecular complexity index is 418. The molecule has 126 valence electrons. The van der Waals surface area contributed by atoms with Gasteiger partial charge in [0.05, 0.1) is 11.8 Å². The molecule has 0 bridgehead atoms. The topological polar surface area (TPSA) is 72.2 Å². The fourth-order valence-electron chi connectivity index (χ4n) is 3.70. The van der Waals surface area contributed by atoms with Gasteiger partial charge in [-0.05, 0) is 44.4 Å². The van der Waals surface area contributed by atoms with E-state index in [4.69, 9.17) is 5.73 Å². The van der Waals surface area contributed by atoms with Gasteiger partial charge >= 0.3 is 6.18 Å². The zero-order valence-corrected chi connectivity index (χ0v) is 12.5. The lowest BCUT2D eigenvalue weighted by Crippen LogP contribution is -2.43. The lowest BCUT2D eigenvalue weighted by Gasteiger charge is -2.30. The van der Waals surface area contributed by atoms with Crippen molar-refractivity contribution in [3.63, 3.8) is 0 Å². The summed E-state index contributed by atoms with van der Waals surface area (Å²) in [5.74, 6) is -2.10. The van der Waals surface area contributed by atoms with Crippen LogP contribution >= 0.6 is 0 Å². The van der Waals surface area contributed by atoms with E-state index in [-0.39, 0.29) is 43.0 Å². The summed E-state index contributed by atoms with van der Waals surface area (Å²) < 4.78 is 37.8. The van der Waals surface area contributed by atoms with Crippen molar-refractivity contribution in [3.8, 4) is 0 Å². The lowest BCUT2D eigenvalue weighted by molar-refractivity contribution is -0.184. The molecule has 2 saturated carbocycles. The standard InChI is InChI=1S/C15H23F3N2O2/c16-15(17,18)10-6-4-9(5-7-10)8-13(21)20-12-3-1-2-11(12)14(19)22/h9-12H,1-8H2,(H2,19,22)(H,20,21). The molecule has 0 aromatic heterocycles. The van der Waals surface area contributed by atoms with Gasteiger partial charge in [0, 0.05) is 12.5 Å². The highest BCUT2D eigenvalue weighted by Gasteiger charge is 2.41. The molecule has 0 aromatic carbocycles. The number of hydrogen-bond donors (Lipinski definition) is 2. The Morgan fingerprint density at radius 1 is 1.05 bits per heavy atom. The van der Waals surface area contributed by atoms with E-state index in [1.165, 1.54) is 0 Å². The third-order valence-electron chi connectivity index (χ3n) is 5.01. The summed E-state index contributed by atoms with van der Waals surface area (Å²) in [6.45, 7) is 0. The first kappa shape index (κ1) is 17.1. The summed E-state index contributed by atoms with van der Waals surface area (Å²) in [5.41, 5.74) is 5.31. The minimum atomic E-state index is -4.12. The molecule has 3 N–H and O–H groups in total. The van der Waals surface area contributed by atoms with Crippen LogP contribution in [0.4, 0.5) is 13.2 Å². The van der Waals surface area contributed by atoms with Crippen LogP contribution in [0.25, 0.3) is 0 Å². The number of nitrogens with two attached hydrogens (primary N) is 1. The summed E-state index contributed by atoms with van der Waals surface area (Å²) in [4.78, 5) is 23.3. The van der Waals surface area contributed by atoms with Gasteiger partial charge in [-0.25, -0.2) is 0 Å². The summed E-state index contributed by atoms with van der Waals surface area (Å²) in [5, 5.41) is 2.84. The van der Waals surface area contributed by atoms with E-state index in [0.717, 1.165) is 12.8 Å². The number of carbonyl (C=O) groups excluding carboxylic acids is 2. The van der Waals surface area contributed by atoms with Gasteiger partial charge in [0.25, 0.3) is 0 Å². The first-order valence-corrected chi connectivity index (χ1v) is 7.92. The molecule has 2 atom stereocenters. The maximum atomic E-state index is 12.6. The van der Waals surface area contributed by atoms with Crippen LogP contribution in [0.1, 0.15) is 51.4 Å². The van der Waals surface area contributed by atoms with Gasteiger partial charge < -0.3 is 11.1 Å². The normalized spacial score (nSPS) is 32.7. The van der Waals surface area contributed by atoms with E-state index in [2.05, 4.69) is 5.32 Å². The van der Waals surface area contributed by atoms with Gasteiger partial charge in [-0.1, -0.05) is 6.42 Å². The number of nitrogens with one attached hydrogen (secondary N) is 1. The summed E-state index contributed by atoms with van der Waals surface area (Å²) in [6, 6.07) is -0.212. The summed E-state index contributed by atoms with van der Waals surface area (Å²) >= 11 is 0.